The van der Waals surface area contributed by atoms with E-state index in [0.29, 0.717) is 6.61 Å². The second kappa shape index (κ2) is 6.19. The standard InChI is InChI=1S/C13H23NO3/c1-10(14)12(11-6-5-8-16-11)17-9-7-13(2,3)15-4/h5-6,8,10,12H,7,9,14H2,1-4H3. The van der Waals surface area contributed by atoms with Gasteiger partial charge in [-0.15, -0.1) is 0 Å². The molecule has 0 aliphatic carbocycles. The van der Waals surface area contributed by atoms with Crippen LogP contribution < -0.4 is 5.73 Å². The van der Waals surface area contributed by atoms with Crippen molar-refractivity contribution in [3.8, 4) is 0 Å². The average Bonchev–Trinajstić information content (AvgIpc) is 2.77. The van der Waals surface area contributed by atoms with Crippen molar-refractivity contribution in [3.05, 3.63) is 24.2 Å². The van der Waals surface area contributed by atoms with E-state index in [0.717, 1.165) is 12.2 Å². The quantitative estimate of drug-likeness (QED) is 0.796. The summed E-state index contributed by atoms with van der Waals surface area (Å²) in [5.74, 6) is 0.773. The molecule has 0 aliphatic rings. The van der Waals surface area contributed by atoms with Gasteiger partial charge in [0.15, 0.2) is 0 Å². The first kappa shape index (κ1) is 14.2. The van der Waals surface area contributed by atoms with E-state index >= 15 is 0 Å². The number of methoxy groups -OCH3 is 1. The van der Waals surface area contributed by atoms with Crippen LogP contribution in [0.25, 0.3) is 0 Å². The van der Waals surface area contributed by atoms with Gasteiger partial charge < -0.3 is 19.6 Å². The van der Waals surface area contributed by atoms with Crippen LogP contribution in [0.2, 0.25) is 0 Å². The molecule has 4 nitrogen and oxygen atoms in total. The lowest BCUT2D eigenvalue weighted by Crippen LogP contribution is -2.29. The summed E-state index contributed by atoms with van der Waals surface area (Å²) in [5, 5.41) is 0. The van der Waals surface area contributed by atoms with E-state index in [9.17, 15) is 0 Å². The summed E-state index contributed by atoms with van der Waals surface area (Å²) in [4.78, 5) is 0. The van der Waals surface area contributed by atoms with Crippen LogP contribution in [0.15, 0.2) is 22.8 Å². The fourth-order valence-electron chi connectivity index (χ4n) is 1.48. The van der Waals surface area contributed by atoms with Gasteiger partial charge in [-0.05, 0) is 39.3 Å². The van der Waals surface area contributed by atoms with E-state index in [-0.39, 0.29) is 17.7 Å². The van der Waals surface area contributed by atoms with Gasteiger partial charge in [0.05, 0.1) is 18.5 Å². The molecule has 1 aromatic rings. The summed E-state index contributed by atoms with van der Waals surface area (Å²) in [6.45, 7) is 6.57. The lowest BCUT2D eigenvalue weighted by atomic mass is 10.1. The molecule has 0 fully saturated rings. The predicted molar refractivity (Wildman–Crippen MR) is 66.8 cm³/mol. The summed E-state index contributed by atoms with van der Waals surface area (Å²) < 4.78 is 16.5. The molecule has 4 heteroatoms. The van der Waals surface area contributed by atoms with Crippen LogP contribution in [0.5, 0.6) is 0 Å². The Kier molecular flexibility index (Phi) is 5.18. The number of ether oxygens (including phenoxy) is 2. The molecule has 0 bridgehead atoms. The maximum atomic E-state index is 5.89. The average molecular weight is 241 g/mol. The lowest BCUT2D eigenvalue weighted by Gasteiger charge is -2.25. The van der Waals surface area contributed by atoms with Crippen molar-refractivity contribution in [1.29, 1.82) is 0 Å². The summed E-state index contributed by atoms with van der Waals surface area (Å²) in [7, 11) is 1.70. The molecule has 98 valence electrons. The van der Waals surface area contributed by atoms with Crippen molar-refractivity contribution in [2.75, 3.05) is 13.7 Å². The second-order valence-corrected chi connectivity index (χ2v) is 4.88. The highest BCUT2D eigenvalue weighted by atomic mass is 16.5. The molecule has 1 rings (SSSR count). The van der Waals surface area contributed by atoms with Crippen molar-refractivity contribution in [2.45, 2.75) is 44.9 Å². The minimum absolute atomic E-state index is 0.105. The highest BCUT2D eigenvalue weighted by Gasteiger charge is 2.22. The van der Waals surface area contributed by atoms with Crippen LogP contribution in [0.3, 0.4) is 0 Å². The van der Waals surface area contributed by atoms with Gasteiger partial charge in [0.1, 0.15) is 11.9 Å². The van der Waals surface area contributed by atoms with E-state index in [4.69, 9.17) is 19.6 Å². The molecular weight excluding hydrogens is 218 g/mol. The first-order valence-corrected chi connectivity index (χ1v) is 5.92. The third kappa shape index (κ3) is 4.50. The smallest absolute Gasteiger partial charge is 0.134 e. The van der Waals surface area contributed by atoms with Crippen molar-refractivity contribution in [2.24, 2.45) is 5.73 Å². The summed E-state index contributed by atoms with van der Waals surface area (Å²) in [5.41, 5.74) is 5.72. The van der Waals surface area contributed by atoms with E-state index in [1.54, 1.807) is 13.4 Å². The van der Waals surface area contributed by atoms with Gasteiger partial charge in [-0.1, -0.05) is 0 Å². The fraction of sp³-hybridized carbons (Fsp3) is 0.692. The third-order valence-electron chi connectivity index (χ3n) is 2.86. The maximum Gasteiger partial charge on any atom is 0.134 e. The minimum Gasteiger partial charge on any atom is -0.467 e. The third-order valence-corrected chi connectivity index (χ3v) is 2.86. The molecule has 2 unspecified atom stereocenters. The van der Waals surface area contributed by atoms with Gasteiger partial charge in [-0.3, -0.25) is 0 Å². The first-order chi connectivity index (χ1) is 7.96. The number of rotatable bonds is 7. The van der Waals surface area contributed by atoms with Crippen LogP contribution in [-0.4, -0.2) is 25.4 Å². The Morgan fingerprint density at radius 1 is 1.47 bits per heavy atom. The Balaban J connectivity index is 2.47. The Bertz CT molecular complexity index is 306. The molecule has 0 spiro atoms. The number of hydrogen-bond donors (Lipinski definition) is 1. The molecular formula is C13H23NO3. The Morgan fingerprint density at radius 2 is 2.18 bits per heavy atom. The minimum atomic E-state index is -0.197. The fourth-order valence-corrected chi connectivity index (χ4v) is 1.48. The predicted octanol–water partition coefficient (Wildman–Crippen LogP) is 2.50. The molecule has 0 amide bonds. The zero-order valence-electron chi connectivity index (χ0n) is 11.1. The summed E-state index contributed by atoms with van der Waals surface area (Å²) >= 11 is 0. The zero-order valence-corrected chi connectivity index (χ0v) is 11.1. The van der Waals surface area contributed by atoms with E-state index in [1.807, 2.05) is 32.9 Å². The SMILES string of the molecule is COC(C)(C)CCOC(c1ccco1)C(C)N. The van der Waals surface area contributed by atoms with E-state index in [2.05, 4.69) is 0 Å². The molecule has 0 radical (unpaired) electrons. The molecule has 17 heavy (non-hydrogen) atoms. The molecule has 0 aromatic carbocycles. The maximum absolute atomic E-state index is 5.89. The van der Waals surface area contributed by atoms with Crippen molar-refractivity contribution in [3.63, 3.8) is 0 Å². The van der Waals surface area contributed by atoms with Crippen LogP contribution in [0.1, 0.15) is 39.1 Å². The monoisotopic (exact) mass is 241 g/mol. The van der Waals surface area contributed by atoms with Gasteiger partial charge in [-0.2, -0.15) is 0 Å². The lowest BCUT2D eigenvalue weighted by molar-refractivity contribution is -0.0366. The molecule has 2 atom stereocenters. The summed E-state index contributed by atoms with van der Waals surface area (Å²) in [6, 6.07) is 3.62. The topological polar surface area (TPSA) is 57.6 Å². The van der Waals surface area contributed by atoms with Crippen LogP contribution in [0, 0.1) is 0 Å². The van der Waals surface area contributed by atoms with Gasteiger partial charge >= 0.3 is 0 Å². The highest BCUT2D eigenvalue weighted by molar-refractivity contribution is 5.04. The second-order valence-electron chi connectivity index (χ2n) is 4.88. The summed E-state index contributed by atoms with van der Waals surface area (Å²) in [6.07, 6.45) is 2.25. The van der Waals surface area contributed by atoms with Crippen LogP contribution in [0.4, 0.5) is 0 Å². The molecule has 0 saturated carbocycles. The van der Waals surface area contributed by atoms with E-state index < -0.39 is 0 Å². The molecule has 0 aliphatic heterocycles. The Hall–Kier alpha value is -0.840. The molecule has 1 aromatic heterocycles. The van der Waals surface area contributed by atoms with Crippen molar-refractivity contribution < 1.29 is 13.9 Å². The van der Waals surface area contributed by atoms with Gasteiger partial charge in [-0.25, -0.2) is 0 Å². The number of furan rings is 1. The van der Waals surface area contributed by atoms with Gasteiger partial charge in [0.25, 0.3) is 0 Å². The van der Waals surface area contributed by atoms with Crippen LogP contribution in [-0.2, 0) is 9.47 Å². The normalized spacial score (nSPS) is 15.8. The highest BCUT2D eigenvalue weighted by Crippen LogP contribution is 2.22. The van der Waals surface area contributed by atoms with Crippen molar-refractivity contribution in [1.82, 2.24) is 0 Å². The number of nitrogens with two attached hydrogens (primary N) is 1. The Labute approximate surface area is 103 Å². The molecule has 0 saturated heterocycles. The van der Waals surface area contributed by atoms with Gasteiger partial charge in [0.2, 0.25) is 0 Å². The molecule has 1 heterocycles. The molecule has 2 N–H and O–H groups in total. The number of hydrogen-bond acceptors (Lipinski definition) is 4. The first-order valence-electron chi connectivity index (χ1n) is 5.92. The van der Waals surface area contributed by atoms with Gasteiger partial charge in [0, 0.05) is 13.2 Å². The zero-order chi connectivity index (χ0) is 12.9. The largest absolute Gasteiger partial charge is 0.467 e. The van der Waals surface area contributed by atoms with Crippen molar-refractivity contribution >= 4 is 0 Å². The van der Waals surface area contributed by atoms with Crippen LogP contribution >= 0.6 is 0 Å². The van der Waals surface area contributed by atoms with E-state index in [1.165, 1.54) is 0 Å². The Morgan fingerprint density at radius 3 is 2.65 bits per heavy atom.